The molecule has 1 aromatic heterocycles. The lowest BCUT2D eigenvalue weighted by atomic mass is 10.1. The molecule has 3 nitrogen and oxygen atoms in total. The molecule has 0 unspecified atom stereocenters. The molecule has 2 aromatic carbocycles. The summed E-state index contributed by atoms with van der Waals surface area (Å²) in [7, 11) is 0. The molecule has 1 heterocycles. The Morgan fingerprint density at radius 2 is 1.84 bits per heavy atom. The fourth-order valence-corrected chi connectivity index (χ4v) is 2.14. The number of ketones is 1. The summed E-state index contributed by atoms with van der Waals surface area (Å²) >= 11 is 6.02. The minimum absolute atomic E-state index is 0.188. The Hall–Kier alpha value is -2.26. The minimum Gasteiger partial charge on any atom is -0.451 e. The van der Waals surface area contributed by atoms with Gasteiger partial charge in [0, 0.05) is 16.6 Å². The van der Waals surface area contributed by atoms with Crippen LogP contribution in [0.15, 0.2) is 52.9 Å². The summed E-state index contributed by atoms with van der Waals surface area (Å²) in [6.07, 6.45) is 0. The molecule has 3 rings (SSSR count). The molecule has 0 aliphatic carbocycles. The lowest BCUT2D eigenvalue weighted by Crippen LogP contribution is -1.99. The fourth-order valence-electron chi connectivity index (χ4n) is 1.92. The van der Waals surface area contributed by atoms with Gasteiger partial charge in [-0.25, -0.2) is 0 Å². The first kappa shape index (κ1) is 11.8. The fraction of sp³-hybridized carbons (Fsp3) is 0. The molecule has 2 N–H and O–H groups in total. The smallest absolute Gasteiger partial charge is 0.228 e. The zero-order valence-corrected chi connectivity index (χ0v) is 10.6. The van der Waals surface area contributed by atoms with Crippen molar-refractivity contribution in [2.45, 2.75) is 0 Å². The van der Waals surface area contributed by atoms with Crippen molar-refractivity contribution in [2.75, 3.05) is 5.73 Å². The van der Waals surface area contributed by atoms with E-state index in [9.17, 15) is 4.79 Å². The molecule has 0 atom stereocenters. The number of carbonyl (C=O) groups is 1. The van der Waals surface area contributed by atoms with E-state index in [-0.39, 0.29) is 11.5 Å². The average Bonchev–Trinajstić information content (AvgIpc) is 2.84. The molecule has 19 heavy (non-hydrogen) atoms. The van der Waals surface area contributed by atoms with Crippen molar-refractivity contribution in [2.24, 2.45) is 0 Å². The van der Waals surface area contributed by atoms with Crippen LogP contribution in [0, 0.1) is 0 Å². The number of anilines is 1. The summed E-state index contributed by atoms with van der Waals surface area (Å²) in [4.78, 5) is 12.3. The maximum absolute atomic E-state index is 12.3. The van der Waals surface area contributed by atoms with Gasteiger partial charge in [-0.15, -0.1) is 0 Å². The number of para-hydroxylation sites is 1. The Morgan fingerprint density at radius 1 is 1.11 bits per heavy atom. The number of rotatable bonds is 2. The van der Waals surface area contributed by atoms with Crippen LogP contribution in [-0.2, 0) is 0 Å². The summed E-state index contributed by atoms with van der Waals surface area (Å²) in [6, 6.07) is 13.8. The standard InChI is InChI=1S/C15H10ClNO2/c16-12-3-1-2-10-8-13(19-15(10)12)14(18)9-4-6-11(17)7-5-9/h1-8H,17H2. The molecule has 0 saturated heterocycles. The van der Waals surface area contributed by atoms with Crippen molar-refractivity contribution in [3.8, 4) is 0 Å². The Bertz CT molecular complexity index is 759. The summed E-state index contributed by atoms with van der Waals surface area (Å²) in [6.45, 7) is 0. The van der Waals surface area contributed by atoms with E-state index in [0.717, 1.165) is 5.39 Å². The SMILES string of the molecule is Nc1ccc(C(=O)c2cc3cccc(Cl)c3o2)cc1. The highest BCUT2D eigenvalue weighted by molar-refractivity contribution is 6.35. The van der Waals surface area contributed by atoms with Crippen molar-refractivity contribution in [3.05, 3.63) is 64.9 Å². The van der Waals surface area contributed by atoms with E-state index >= 15 is 0 Å². The van der Waals surface area contributed by atoms with Gasteiger partial charge in [0.1, 0.15) is 0 Å². The van der Waals surface area contributed by atoms with Crippen LogP contribution in [0.25, 0.3) is 11.0 Å². The van der Waals surface area contributed by atoms with Crippen LogP contribution in [0.4, 0.5) is 5.69 Å². The van der Waals surface area contributed by atoms with Crippen molar-refractivity contribution in [1.29, 1.82) is 0 Å². The Kier molecular flexibility index (Phi) is 2.76. The summed E-state index contributed by atoms with van der Waals surface area (Å²) in [5.74, 6) is 0.0835. The number of benzene rings is 2. The highest BCUT2D eigenvalue weighted by Crippen LogP contribution is 2.27. The molecule has 0 amide bonds. The third-order valence-electron chi connectivity index (χ3n) is 2.89. The Labute approximate surface area is 114 Å². The average molecular weight is 272 g/mol. The predicted molar refractivity (Wildman–Crippen MR) is 75.5 cm³/mol. The molecule has 94 valence electrons. The monoisotopic (exact) mass is 271 g/mol. The third-order valence-corrected chi connectivity index (χ3v) is 3.19. The normalized spacial score (nSPS) is 10.8. The summed E-state index contributed by atoms with van der Waals surface area (Å²) in [5, 5.41) is 1.31. The maximum atomic E-state index is 12.3. The van der Waals surface area contributed by atoms with Gasteiger partial charge in [-0.1, -0.05) is 23.7 Å². The van der Waals surface area contributed by atoms with Crippen LogP contribution in [0.3, 0.4) is 0 Å². The van der Waals surface area contributed by atoms with E-state index < -0.39 is 0 Å². The van der Waals surface area contributed by atoms with Gasteiger partial charge in [-0.05, 0) is 36.4 Å². The lowest BCUT2D eigenvalue weighted by molar-refractivity contribution is 0.101. The Balaban J connectivity index is 2.06. The molecule has 3 aromatic rings. The second kappa shape index (κ2) is 4.44. The van der Waals surface area contributed by atoms with Gasteiger partial charge in [-0.2, -0.15) is 0 Å². The molecular formula is C15H10ClNO2. The van der Waals surface area contributed by atoms with Crippen molar-refractivity contribution in [1.82, 2.24) is 0 Å². The quantitative estimate of drug-likeness (QED) is 0.568. The summed E-state index contributed by atoms with van der Waals surface area (Å²) < 4.78 is 5.53. The van der Waals surface area contributed by atoms with Crippen LogP contribution in [0.1, 0.15) is 16.1 Å². The van der Waals surface area contributed by atoms with E-state index in [2.05, 4.69) is 0 Å². The molecule has 0 fully saturated rings. The molecule has 4 heteroatoms. The minimum atomic E-state index is -0.188. The number of hydrogen-bond acceptors (Lipinski definition) is 3. The van der Waals surface area contributed by atoms with Gasteiger partial charge < -0.3 is 10.2 Å². The molecule has 0 saturated carbocycles. The first-order chi connectivity index (χ1) is 9.15. The number of carbonyl (C=O) groups excluding carboxylic acids is 1. The van der Waals surface area contributed by atoms with Gasteiger partial charge in [0.05, 0.1) is 5.02 Å². The molecule has 0 spiro atoms. The van der Waals surface area contributed by atoms with Crippen molar-refractivity contribution < 1.29 is 9.21 Å². The number of furan rings is 1. The van der Waals surface area contributed by atoms with Crippen LogP contribution in [0.2, 0.25) is 5.02 Å². The third kappa shape index (κ3) is 2.09. The highest BCUT2D eigenvalue weighted by Gasteiger charge is 2.15. The van der Waals surface area contributed by atoms with Gasteiger partial charge in [0.2, 0.25) is 5.78 Å². The largest absolute Gasteiger partial charge is 0.451 e. The van der Waals surface area contributed by atoms with Crippen LogP contribution >= 0.6 is 11.6 Å². The van der Waals surface area contributed by atoms with Gasteiger partial charge in [-0.3, -0.25) is 4.79 Å². The maximum Gasteiger partial charge on any atom is 0.228 e. The van der Waals surface area contributed by atoms with Crippen molar-refractivity contribution in [3.63, 3.8) is 0 Å². The topological polar surface area (TPSA) is 56.2 Å². The second-order valence-electron chi connectivity index (χ2n) is 4.22. The summed E-state index contributed by atoms with van der Waals surface area (Å²) in [5.41, 5.74) is 7.27. The predicted octanol–water partition coefficient (Wildman–Crippen LogP) is 3.90. The zero-order chi connectivity index (χ0) is 13.4. The number of hydrogen-bond donors (Lipinski definition) is 1. The lowest BCUT2D eigenvalue weighted by Gasteiger charge is -1.98. The second-order valence-corrected chi connectivity index (χ2v) is 4.63. The number of halogens is 1. The van der Waals surface area contributed by atoms with Gasteiger partial charge in [0.15, 0.2) is 11.3 Å². The van der Waals surface area contributed by atoms with E-state index in [4.69, 9.17) is 21.8 Å². The molecule has 0 radical (unpaired) electrons. The zero-order valence-electron chi connectivity index (χ0n) is 9.89. The van der Waals surface area contributed by atoms with Crippen molar-refractivity contribution >= 4 is 34.0 Å². The van der Waals surface area contributed by atoms with Gasteiger partial charge >= 0.3 is 0 Å². The van der Waals surface area contributed by atoms with E-state index in [1.54, 1.807) is 36.4 Å². The van der Waals surface area contributed by atoms with Gasteiger partial charge in [0.25, 0.3) is 0 Å². The van der Waals surface area contributed by atoms with Crippen LogP contribution in [0.5, 0.6) is 0 Å². The number of fused-ring (bicyclic) bond motifs is 1. The van der Waals surface area contributed by atoms with E-state index in [0.29, 0.717) is 21.9 Å². The number of nitrogen functional groups attached to an aromatic ring is 1. The first-order valence-electron chi connectivity index (χ1n) is 5.73. The molecule has 0 aliphatic heterocycles. The van der Waals surface area contributed by atoms with E-state index in [1.165, 1.54) is 0 Å². The highest BCUT2D eigenvalue weighted by atomic mass is 35.5. The Morgan fingerprint density at radius 3 is 2.53 bits per heavy atom. The molecule has 0 bridgehead atoms. The van der Waals surface area contributed by atoms with Crippen LogP contribution < -0.4 is 5.73 Å². The van der Waals surface area contributed by atoms with Crippen LogP contribution in [-0.4, -0.2) is 5.78 Å². The molecule has 0 aliphatic rings. The number of nitrogens with two attached hydrogens (primary N) is 1. The first-order valence-corrected chi connectivity index (χ1v) is 6.11. The van der Waals surface area contributed by atoms with E-state index in [1.807, 2.05) is 12.1 Å². The molecular weight excluding hydrogens is 262 g/mol.